The summed E-state index contributed by atoms with van der Waals surface area (Å²) in [6.07, 6.45) is 0. The van der Waals surface area contributed by atoms with Crippen LogP contribution < -0.4 is 20.8 Å². The van der Waals surface area contributed by atoms with E-state index in [4.69, 9.17) is 19.9 Å². The summed E-state index contributed by atoms with van der Waals surface area (Å²) in [7, 11) is 0. The number of carbonyl (C=O) groups excluding carboxylic acids is 1. The summed E-state index contributed by atoms with van der Waals surface area (Å²) in [5.74, 6) is -0.00860. The van der Waals surface area contributed by atoms with E-state index in [-0.39, 0.29) is 29.2 Å². The molecule has 5 rings (SSSR count). The van der Waals surface area contributed by atoms with E-state index < -0.39 is 11.9 Å². The number of esters is 1. The largest absolute Gasteiger partial charge is 0.462 e. The maximum absolute atomic E-state index is 13.3. The summed E-state index contributed by atoms with van der Waals surface area (Å²) < 4.78 is 17.1. The van der Waals surface area contributed by atoms with Crippen LogP contribution in [0.5, 0.6) is 17.2 Å². The van der Waals surface area contributed by atoms with Crippen molar-refractivity contribution in [3.63, 3.8) is 0 Å². The molecule has 0 saturated heterocycles. The number of pyridine rings is 1. The minimum absolute atomic E-state index is 0.0759. The van der Waals surface area contributed by atoms with Crippen LogP contribution in [-0.4, -0.2) is 17.6 Å². The van der Waals surface area contributed by atoms with Crippen LogP contribution in [0.25, 0.3) is 10.9 Å². The number of carbonyl (C=O) groups is 1. The van der Waals surface area contributed by atoms with Gasteiger partial charge >= 0.3 is 5.97 Å². The summed E-state index contributed by atoms with van der Waals surface area (Å²) >= 11 is 0. The average Bonchev–Trinajstić information content (AvgIpc) is 2.84. The van der Waals surface area contributed by atoms with Crippen LogP contribution in [-0.2, 0) is 9.53 Å². The maximum Gasteiger partial charge on any atom is 0.340 e. The fraction of sp³-hybridized carbons (Fsp3) is 0.111. The molecular weight excluding hydrogens is 432 g/mol. The summed E-state index contributed by atoms with van der Waals surface area (Å²) in [4.78, 5) is 29.2. The first-order chi connectivity index (χ1) is 16.6. The van der Waals surface area contributed by atoms with Gasteiger partial charge in [0.05, 0.1) is 23.6 Å². The number of hydrogen-bond acceptors (Lipinski definition) is 6. The molecule has 2 heterocycles. The Labute approximate surface area is 195 Å². The first-order valence-corrected chi connectivity index (χ1v) is 10.9. The second-order valence-corrected chi connectivity index (χ2v) is 7.76. The van der Waals surface area contributed by atoms with Crippen molar-refractivity contribution in [2.24, 2.45) is 5.73 Å². The third-order valence-corrected chi connectivity index (χ3v) is 5.63. The lowest BCUT2D eigenvalue weighted by atomic mass is 9.83. The highest BCUT2D eigenvalue weighted by Gasteiger charge is 2.38. The highest BCUT2D eigenvalue weighted by molar-refractivity contribution is 5.95. The fourth-order valence-corrected chi connectivity index (χ4v) is 4.19. The third kappa shape index (κ3) is 3.77. The quantitative estimate of drug-likeness (QED) is 0.428. The molecule has 34 heavy (non-hydrogen) atoms. The standard InChI is InChI=1S/C27H22N2O5/c1-2-32-27(31)23-21(16-9-8-12-18(15-16)33-17-10-4-3-5-11-17)22-24(34-25(23)28)19-13-6-7-14-20(19)29-26(22)30/h3-15,21H,2,28H2,1H3,(H,29,30)/t21-/m0/s1. The Morgan fingerprint density at radius 3 is 2.53 bits per heavy atom. The Bertz CT molecular complexity index is 1470. The predicted molar refractivity (Wildman–Crippen MR) is 128 cm³/mol. The van der Waals surface area contributed by atoms with Crippen molar-refractivity contribution in [2.45, 2.75) is 12.8 Å². The molecule has 4 aromatic rings. The van der Waals surface area contributed by atoms with Gasteiger partial charge in [-0.25, -0.2) is 4.79 Å². The number of hydrogen-bond donors (Lipinski definition) is 2. The summed E-state index contributed by atoms with van der Waals surface area (Å²) in [5, 5.41) is 0.685. The molecule has 0 aliphatic carbocycles. The zero-order valence-electron chi connectivity index (χ0n) is 18.4. The second-order valence-electron chi connectivity index (χ2n) is 7.76. The van der Waals surface area contributed by atoms with E-state index in [0.717, 1.165) is 0 Å². The topological polar surface area (TPSA) is 104 Å². The molecule has 3 aromatic carbocycles. The Kier molecular flexibility index (Phi) is 5.51. The Balaban J connectivity index is 1.70. The van der Waals surface area contributed by atoms with Crippen molar-refractivity contribution < 1.29 is 19.0 Å². The average molecular weight is 454 g/mol. The summed E-state index contributed by atoms with van der Waals surface area (Å²) in [6, 6.07) is 23.8. The predicted octanol–water partition coefficient (Wildman–Crippen LogP) is 4.58. The molecule has 0 saturated carbocycles. The number of nitrogens with two attached hydrogens (primary N) is 1. The zero-order valence-corrected chi connectivity index (χ0v) is 18.4. The van der Waals surface area contributed by atoms with E-state index >= 15 is 0 Å². The molecule has 0 unspecified atom stereocenters. The number of para-hydroxylation sites is 2. The number of aromatic amines is 1. The van der Waals surface area contributed by atoms with Gasteiger partial charge in [-0.2, -0.15) is 0 Å². The number of ether oxygens (including phenoxy) is 3. The molecule has 1 aliphatic heterocycles. The Hall–Kier alpha value is -4.52. The van der Waals surface area contributed by atoms with E-state index in [0.29, 0.717) is 33.7 Å². The Morgan fingerprint density at radius 2 is 1.74 bits per heavy atom. The second kappa shape index (κ2) is 8.78. The minimum atomic E-state index is -0.810. The molecule has 0 spiro atoms. The van der Waals surface area contributed by atoms with Gasteiger partial charge in [0, 0.05) is 5.39 Å². The van der Waals surface area contributed by atoms with E-state index in [1.807, 2.05) is 54.6 Å². The van der Waals surface area contributed by atoms with Gasteiger partial charge in [0.2, 0.25) is 5.88 Å². The number of fused-ring (bicyclic) bond motifs is 3. The van der Waals surface area contributed by atoms with Gasteiger partial charge in [-0.15, -0.1) is 0 Å². The lowest BCUT2D eigenvalue weighted by Crippen LogP contribution is -2.32. The van der Waals surface area contributed by atoms with Gasteiger partial charge in [-0.05, 0) is 48.9 Å². The van der Waals surface area contributed by atoms with Crippen LogP contribution in [0.15, 0.2) is 95.1 Å². The lowest BCUT2D eigenvalue weighted by molar-refractivity contribution is -0.139. The van der Waals surface area contributed by atoms with Crippen molar-refractivity contribution >= 4 is 16.9 Å². The van der Waals surface area contributed by atoms with Crippen molar-refractivity contribution in [1.29, 1.82) is 0 Å². The monoisotopic (exact) mass is 454 g/mol. The molecular formula is C27H22N2O5. The van der Waals surface area contributed by atoms with Gasteiger partial charge in [-0.1, -0.05) is 42.5 Å². The van der Waals surface area contributed by atoms with Crippen molar-refractivity contribution in [3.8, 4) is 17.2 Å². The number of nitrogens with one attached hydrogen (secondary N) is 1. The number of rotatable bonds is 5. The van der Waals surface area contributed by atoms with Crippen molar-refractivity contribution in [1.82, 2.24) is 4.98 Å². The lowest BCUT2D eigenvalue weighted by Gasteiger charge is -2.28. The highest BCUT2D eigenvalue weighted by atomic mass is 16.5. The molecule has 1 aliphatic rings. The molecule has 1 aromatic heterocycles. The number of benzene rings is 3. The zero-order chi connectivity index (χ0) is 23.7. The van der Waals surface area contributed by atoms with Crippen molar-refractivity contribution in [2.75, 3.05) is 6.61 Å². The minimum Gasteiger partial charge on any atom is -0.462 e. The molecule has 0 amide bonds. The number of H-pyrrole nitrogens is 1. The molecule has 0 bridgehead atoms. The maximum atomic E-state index is 13.3. The third-order valence-electron chi connectivity index (χ3n) is 5.63. The van der Waals surface area contributed by atoms with Crippen LogP contribution in [0, 0.1) is 0 Å². The summed E-state index contributed by atoms with van der Waals surface area (Å²) in [6.45, 7) is 1.86. The van der Waals surface area contributed by atoms with Crippen molar-refractivity contribution in [3.05, 3.63) is 112 Å². The van der Waals surface area contributed by atoms with Gasteiger partial charge in [-0.3, -0.25) is 4.79 Å². The van der Waals surface area contributed by atoms with Gasteiger partial charge in [0.15, 0.2) is 0 Å². The fourth-order valence-electron chi connectivity index (χ4n) is 4.19. The molecule has 1 atom stereocenters. The molecule has 0 fully saturated rings. The van der Waals surface area contributed by atoms with Gasteiger partial charge in [0.1, 0.15) is 22.8 Å². The van der Waals surface area contributed by atoms with E-state index in [2.05, 4.69) is 4.98 Å². The molecule has 7 nitrogen and oxygen atoms in total. The normalized spacial score (nSPS) is 14.9. The van der Waals surface area contributed by atoms with Crippen LogP contribution >= 0.6 is 0 Å². The summed E-state index contributed by atoms with van der Waals surface area (Å²) in [5.41, 5.74) is 7.51. The first-order valence-electron chi connectivity index (χ1n) is 10.9. The van der Waals surface area contributed by atoms with E-state index in [1.54, 1.807) is 31.2 Å². The van der Waals surface area contributed by atoms with Gasteiger partial charge in [0.25, 0.3) is 5.56 Å². The Morgan fingerprint density at radius 1 is 1.00 bits per heavy atom. The molecule has 170 valence electrons. The van der Waals surface area contributed by atoms with Crippen LogP contribution in [0.1, 0.15) is 24.0 Å². The van der Waals surface area contributed by atoms with Crippen LogP contribution in [0.3, 0.4) is 0 Å². The van der Waals surface area contributed by atoms with Crippen LogP contribution in [0.2, 0.25) is 0 Å². The van der Waals surface area contributed by atoms with Gasteiger partial charge < -0.3 is 24.9 Å². The smallest absolute Gasteiger partial charge is 0.340 e. The molecule has 0 radical (unpaired) electrons. The first kappa shape index (κ1) is 21.3. The van der Waals surface area contributed by atoms with E-state index in [1.165, 1.54) is 0 Å². The number of aromatic nitrogens is 1. The SMILES string of the molecule is CCOC(=O)C1=C(N)Oc2c(c(=O)[nH]c3ccccc23)[C@@H]1c1cccc(Oc2ccccc2)c1. The van der Waals surface area contributed by atoms with E-state index in [9.17, 15) is 9.59 Å². The molecule has 7 heteroatoms. The van der Waals surface area contributed by atoms with Crippen LogP contribution in [0.4, 0.5) is 0 Å². The highest BCUT2D eigenvalue weighted by Crippen LogP contribution is 2.44. The molecule has 3 N–H and O–H groups in total.